The van der Waals surface area contributed by atoms with E-state index in [0.29, 0.717) is 67.0 Å². The van der Waals surface area contributed by atoms with Crippen LogP contribution in [0.5, 0.6) is 0 Å². The van der Waals surface area contributed by atoms with E-state index < -0.39 is 27.2 Å². The Labute approximate surface area is 239 Å². The van der Waals surface area contributed by atoms with E-state index in [0.717, 1.165) is 10.3 Å². The molecule has 6 rings (SSSR count). The van der Waals surface area contributed by atoms with Crippen molar-refractivity contribution in [2.75, 3.05) is 10.6 Å². The molecule has 0 spiro atoms. The van der Waals surface area contributed by atoms with Gasteiger partial charge < -0.3 is 15.7 Å². The maximum absolute atomic E-state index is 13.2. The Balaban J connectivity index is 1.27. The first-order valence-electron chi connectivity index (χ1n) is 13.4. The molecule has 0 aromatic carbocycles. The van der Waals surface area contributed by atoms with E-state index in [4.69, 9.17) is 0 Å². The second-order valence-electron chi connectivity index (χ2n) is 10.9. The van der Waals surface area contributed by atoms with Gasteiger partial charge in [-0.15, -0.1) is 13.2 Å². The number of nitrogens with zero attached hydrogens (tertiary/aromatic N) is 7. The zero-order chi connectivity index (χ0) is 29.7. The van der Waals surface area contributed by atoms with Crippen LogP contribution >= 0.6 is 0 Å². The molecule has 4 heterocycles. The molecule has 2 saturated carbocycles. The molecule has 12 nitrogen and oxygen atoms in total. The molecule has 4 aromatic heterocycles. The molecule has 2 fully saturated rings. The summed E-state index contributed by atoms with van der Waals surface area (Å²) in [6.07, 6.45) is 5.64. The van der Waals surface area contributed by atoms with Gasteiger partial charge in [-0.25, -0.2) is 23.4 Å². The molecule has 2 aliphatic carbocycles. The Hall–Kier alpha value is -4.05. The molecule has 4 aromatic rings. The Kier molecular flexibility index (Phi) is 6.92. The van der Waals surface area contributed by atoms with Crippen LogP contribution in [-0.4, -0.2) is 64.3 Å². The quantitative estimate of drug-likeness (QED) is 0.266. The minimum Gasteiger partial charge on any atom is -0.390 e. The highest BCUT2D eigenvalue weighted by Crippen LogP contribution is 2.35. The fourth-order valence-electron chi connectivity index (χ4n) is 4.84. The monoisotopic (exact) mass is 603 g/mol. The minimum absolute atomic E-state index is 0.0157. The van der Waals surface area contributed by atoms with Crippen molar-refractivity contribution in [2.45, 2.75) is 68.6 Å². The van der Waals surface area contributed by atoms with Gasteiger partial charge in [-0.2, -0.15) is 19.0 Å². The average molecular weight is 604 g/mol. The Morgan fingerprint density at radius 1 is 1.07 bits per heavy atom. The summed E-state index contributed by atoms with van der Waals surface area (Å²) in [5.41, 5.74) is 0.669. The molecule has 0 unspecified atom stereocenters. The molecule has 0 aliphatic heterocycles. The van der Waals surface area contributed by atoms with E-state index in [1.807, 2.05) is 0 Å². The average Bonchev–Trinajstić information content (AvgIpc) is 3.46. The standard InChI is InChI=1S/C26H28F3N9O3S/c1-25(39)8-4-17(5-9-25)33-21-12-23(31-14-19(21)20-7-11-37(36-20)26(27,28)29)34-22-6-10-30-24(35-22)16-13-32-38(15-16)42(40,41)18-2-3-18/h6-7,10-15,17-18,39H,2-5,8-9H2,1H3,(H2,30,31,33,34,35). The molecule has 0 radical (unpaired) electrons. The summed E-state index contributed by atoms with van der Waals surface area (Å²) in [4.78, 5) is 13.1. The summed E-state index contributed by atoms with van der Waals surface area (Å²) in [7, 11) is -3.53. The van der Waals surface area contributed by atoms with Gasteiger partial charge in [0.25, 0.3) is 10.0 Å². The third-order valence-corrected chi connectivity index (χ3v) is 9.42. The van der Waals surface area contributed by atoms with Gasteiger partial charge in [0.2, 0.25) is 0 Å². The number of hydrogen-bond acceptors (Lipinski definition) is 10. The summed E-state index contributed by atoms with van der Waals surface area (Å²) in [6, 6.07) is 4.52. The van der Waals surface area contributed by atoms with Crippen molar-refractivity contribution in [1.29, 1.82) is 0 Å². The maximum Gasteiger partial charge on any atom is 0.504 e. The maximum atomic E-state index is 13.2. The molecular weight excluding hydrogens is 575 g/mol. The molecule has 16 heteroatoms. The number of nitrogens with one attached hydrogen (secondary N) is 2. The minimum atomic E-state index is -4.65. The number of alkyl halides is 3. The van der Waals surface area contributed by atoms with Gasteiger partial charge in [-0.3, -0.25) is 0 Å². The lowest BCUT2D eigenvalue weighted by Crippen LogP contribution is -2.35. The van der Waals surface area contributed by atoms with Crippen LogP contribution in [0.4, 0.5) is 30.5 Å². The molecule has 2 aliphatic rings. The molecule has 0 bridgehead atoms. The van der Waals surface area contributed by atoms with E-state index in [1.165, 1.54) is 30.9 Å². The van der Waals surface area contributed by atoms with E-state index in [9.17, 15) is 26.7 Å². The van der Waals surface area contributed by atoms with Crippen LogP contribution < -0.4 is 10.6 Å². The second kappa shape index (κ2) is 10.3. The van der Waals surface area contributed by atoms with Crippen LogP contribution in [0, 0.1) is 0 Å². The van der Waals surface area contributed by atoms with E-state index in [2.05, 4.69) is 35.8 Å². The van der Waals surface area contributed by atoms with E-state index >= 15 is 0 Å². The van der Waals surface area contributed by atoms with Crippen molar-refractivity contribution in [2.24, 2.45) is 0 Å². The van der Waals surface area contributed by atoms with Gasteiger partial charge in [0.15, 0.2) is 5.82 Å². The van der Waals surface area contributed by atoms with Gasteiger partial charge in [-0.05, 0) is 57.6 Å². The third kappa shape index (κ3) is 5.94. The highest BCUT2D eigenvalue weighted by Gasteiger charge is 2.38. The number of aliphatic hydroxyl groups is 1. The van der Waals surface area contributed by atoms with Crippen LogP contribution in [0.25, 0.3) is 22.6 Å². The smallest absolute Gasteiger partial charge is 0.390 e. The van der Waals surface area contributed by atoms with Crippen LogP contribution in [-0.2, 0) is 16.3 Å². The third-order valence-electron chi connectivity index (χ3n) is 7.39. The Bertz CT molecular complexity index is 1700. The number of anilines is 3. The lowest BCUT2D eigenvalue weighted by Gasteiger charge is -2.34. The Morgan fingerprint density at radius 2 is 1.83 bits per heavy atom. The van der Waals surface area contributed by atoms with Crippen molar-refractivity contribution < 1.29 is 26.7 Å². The molecular formula is C26H28F3N9O3S. The summed E-state index contributed by atoms with van der Waals surface area (Å²) >= 11 is 0. The fourth-order valence-corrected chi connectivity index (χ4v) is 6.31. The zero-order valence-corrected chi connectivity index (χ0v) is 23.3. The Morgan fingerprint density at radius 3 is 2.52 bits per heavy atom. The summed E-state index contributed by atoms with van der Waals surface area (Å²) in [5.74, 6) is 0.967. The summed E-state index contributed by atoms with van der Waals surface area (Å²) in [5, 5.41) is 24.1. The van der Waals surface area contributed by atoms with Crippen molar-refractivity contribution in [3.05, 3.63) is 49.2 Å². The van der Waals surface area contributed by atoms with Gasteiger partial charge in [0.1, 0.15) is 11.6 Å². The van der Waals surface area contributed by atoms with Crippen molar-refractivity contribution in [1.82, 2.24) is 33.9 Å². The first-order chi connectivity index (χ1) is 19.9. The topological polar surface area (TPSA) is 153 Å². The second-order valence-corrected chi connectivity index (χ2v) is 13.0. The van der Waals surface area contributed by atoms with Crippen LogP contribution in [0.1, 0.15) is 45.4 Å². The van der Waals surface area contributed by atoms with Crippen LogP contribution in [0.15, 0.2) is 49.2 Å². The molecule has 0 saturated heterocycles. The van der Waals surface area contributed by atoms with Crippen molar-refractivity contribution in [3.63, 3.8) is 0 Å². The first kappa shape index (κ1) is 28.1. The highest BCUT2D eigenvalue weighted by atomic mass is 32.2. The molecule has 42 heavy (non-hydrogen) atoms. The lowest BCUT2D eigenvalue weighted by atomic mass is 9.83. The van der Waals surface area contributed by atoms with Gasteiger partial charge in [0.05, 0.1) is 34.5 Å². The number of aromatic nitrogens is 7. The SMILES string of the molecule is CC1(O)CCC(Nc2cc(Nc3ccnc(-c4cnn(S(=O)(=O)C5CC5)c4)n3)ncc2-c2ccn(C(F)(F)F)n2)CC1. The van der Waals surface area contributed by atoms with Gasteiger partial charge >= 0.3 is 6.30 Å². The summed E-state index contributed by atoms with van der Waals surface area (Å²) in [6.45, 7) is 1.79. The predicted octanol–water partition coefficient (Wildman–Crippen LogP) is 4.26. The number of rotatable bonds is 8. The molecule has 222 valence electrons. The van der Waals surface area contributed by atoms with Gasteiger partial charge in [-0.1, -0.05) is 0 Å². The number of pyridine rings is 1. The van der Waals surface area contributed by atoms with Crippen LogP contribution in [0.2, 0.25) is 0 Å². The number of halogens is 3. The van der Waals surface area contributed by atoms with E-state index in [-0.39, 0.29) is 22.2 Å². The van der Waals surface area contributed by atoms with Gasteiger partial charge in [0, 0.05) is 41.9 Å². The van der Waals surface area contributed by atoms with E-state index in [1.54, 1.807) is 19.1 Å². The predicted molar refractivity (Wildman–Crippen MR) is 147 cm³/mol. The lowest BCUT2D eigenvalue weighted by molar-refractivity contribution is -0.212. The number of hydrogen-bond donors (Lipinski definition) is 3. The fraction of sp³-hybridized carbons (Fsp3) is 0.423. The molecule has 0 amide bonds. The normalized spacial score (nSPS) is 21.3. The molecule has 0 atom stereocenters. The largest absolute Gasteiger partial charge is 0.504 e. The summed E-state index contributed by atoms with van der Waals surface area (Å²) < 4.78 is 65.5. The molecule has 3 N–H and O–H groups in total. The van der Waals surface area contributed by atoms with Crippen molar-refractivity contribution in [3.8, 4) is 22.6 Å². The van der Waals surface area contributed by atoms with Crippen molar-refractivity contribution >= 4 is 27.3 Å². The zero-order valence-electron chi connectivity index (χ0n) is 22.5. The van der Waals surface area contributed by atoms with Crippen LogP contribution in [0.3, 0.4) is 0 Å². The highest BCUT2D eigenvalue weighted by molar-refractivity contribution is 7.90. The first-order valence-corrected chi connectivity index (χ1v) is 14.9.